The van der Waals surface area contributed by atoms with E-state index in [1.54, 1.807) is 0 Å². The molecule has 0 amide bonds. The summed E-state index contributed by atoms with van der Waals surface area (Å²) < 4.78 is 6.62. The van der Waals surface area contributed by atoms with E-state index < -0.39 is 0 Å². The molecule has 26 heavy (non-hydrogen) atoms. The molecule has 0 aromatic heterocycles. The summed E-state index contributed by atoms with van der Waals surface area (Å²) in [6.45, 7) is 1.74. The van der Waals surface area contributed by atoms with Crippen LogP contribution in [0.1, 0.15) is 18.4 Å². The lowest BCUT2D eigenvalue weighted by molar-refractivity contribution is -0.136. The SMILES string of the molecule is COC(=O)C1=CC=C(Br)[N+](Cc2ccccc2)(c2ccccc2)CCC1. The molecule has 0 bridgehead atoms. The Balaban J connectivity index is 2.07. The Morgan fingerprint density at radius 1 is 1.04 bits per heavy atom. The van der Waals surface area contributed by atoms with Crippen LogP contribution in [0.5, 0.6) is 0 Å². The molecule has 1 heterocycles. The number of nitrogens with zero attached hydrogens (tertiary/aromatic N) is 1. The predicted octanol–water partition coefficient (Wildman–Crippen LogP) is 5.32. The van der Waals surface area contributed by atoms with Gasteiger partial charge in [-0.25, -0.2) is 9.28 Å². The highest BCUT2D eigenvalue weighted by Gasteiger charge is 2.35. The van der Waals surface area contributed by atoms with E-state index in [1.807, 2.05) is 24.3 Å². The van der Waals surface area contributed by atoms with E-state index >= 15 is 0 Å². The van der Waals surface area contributed by atoms with E-state index in [9.17, 15) is 4.79 Å². The first kappa shape index (κ1) is 18.6. The van der Waals surface area contributed by atoms with Crippen LogP contribution in [0.2, 0.25) is 0 Å². The Morgan fingerprint density at radius 3 is 2.35 bits per heavy atom. The van der Waals surface area contributed by atoms with Crippen LogP contribution < -0.4 is 4.48 Å². The van der Waals surface area contributed by atoms with Gasteiger partial charge in [0.2, 0.25) is 0 Å². The maximum atomic E-state index is 11.9. The van der Waals surface area contributed by atoms with Crippen molar-refractivity contribution in [3.05, 3.63) is 88.6 Å². The Hall–Kier alpha value is -2.17. The fraction of sp³-hybridized carbons (Fsp3) is 0.227. The first-order valence-electron chi connectivity index (χ1n) is 8.77. The zero-order valence-electron chi connectivity index (χ0n) is 14.9. The molecule has 1 aliphatic heterocycles. The number of hydrogen-bond donors (Lipinski definition) is 0. The van der Waals surface area contributed by atoms with Crippen LogP contribution in [0.4, 0.5) is 5.69 Å². The number of halogens is 1. The van der Waals surface area contributed by atoms with Crippen LogP contribution >= 0.6 is 15.9 Å². The van der Waals surface area contributed by atoms with Gasteiger partial charge in [-0.05, 0) is 24.6 Å². The third kappa shape index (κ3) is 3.97. The standard InChI is InChI=1S/C22H23BrNO2/c1-26-22(25)19-11-8-16-24(21(23)15-14-19,20-12-6-3-7-13-20)17-18-9-4-2-5-10-18/h2-7,9-10,12-15H,8,11,16-17H2,1H3/q+1. The topological polar surface area (TPSA) is 26.3 Å². The minimum atomic E-state index is -0.246. The summed E-state index contributed by atoms with van der Waals surface area (Å²) in [5.41, 5.74) is 3.23. The number of esters is 1. The van der Waals surface area contributed by atoms with Gasteiger partial charge in [0.25, 0.3) is 0 Å². The molecule has 4 heteroatoms. The first-order chi connectivity index (χ1) is 12.7. The molecule has 0 fully saturated rings. The fourth-order valence-electron chi connectivity index (χ4n) is 3.45. The maximum Gasteiger partial charge on any atom is 0.333 e. The average Bonchev–Trinajstić information content (AvgIpc) is 2.69. The second kappa shape index (κ2) is 8.47. The number of ether oxygens (including phenoxy) is 1. The zero-order valence-corrected chi connectivity index (χ0v) is 16.5. The minimum absolute atomic E-state index is 0.246. The van der Waals surface area contributed by atoms with E-state index in [0.717, 1.165) is 29.7 Å². The second-order valence-electron chi connectivity index (χ2n) is 6.45. The lowest BCUT2D eigenvalue weighted by atomic mass is 10.0. The van der Waals surface area contributed by atoms with Gasteiger partial charge < -0.3 is 4.74 Å². The van der Waals surface area contributed by atoms with Crippen LogP contribution in [0.15, 0.2) is 83.0 Å². The number of methoxy groups -OCH3 is 1. The first-order valence-corrected chi connectivity index (χ1v) is 9.57. The van der Waals surface area contributed by atoms with Crippen molar-refractivity contribution in [3.63, 3.8) is 0 Å². The van der Waals surface area contributed by atoms with Crippen molar-refractivity contribution in [3.8, 4) is 0 Å². The number of quaternary nitrogens is 1. The van der Waals surface area contributed by atoms with Crippen molar-refractivity contribution in [1.82, 2.24) is 4.48 Å². The number of para-hydroxylation sites is 1. The van der Waals surface area contributed by atoms with Crippen LogP contribution in [-0.2, 0) is 16.1 Å². The van der Waals surface area contributed by atoms with Gasteiger partial charge in [-0.1, -0.05) is 48.5 Å². The van der Waals surface area contributed by atoms with Gasteiger partial charge >= 0.3 is 5.97 Å². The fourth-order valence-corrected chi connectivity index (χ4v) is 4.09. The summed E-state index contributed by atoms with van der Waals surface area (Å²) in [6, 6.07) is 21.1. The highest BCUT2D eigenvalue weighted by molar-refractivity contribution is 9.11. The zero-order chi connectivity index (χ0) is 18.4. The summed E-state index contributed by atoms with van der Waals surface area (Å²) in [7, 11) is 1.43. The lowest BCUT2D eigenvalue weighted by Crippen LogP contribution is -2.47. The van der Waals surface area contributed by atoms with Gasteiger partial charge in [0.15, 0.2) is 4.61 Å². The number of hydrogen-bond acceptors (Lipinski definition) is 2. The molecule has 2 aromatic carbocycles. The van der Waals surface area contributed by atoms with Gasteiger partial charge in [0.05, 0.1) is 13.7 Å². The Kier molecular flexibility index (Phi) is 6.07. The molecule has 0 N–H and O–H groups in total. The summed E-state index contributed by atoms with van der Waals surface area (Å²) in [4.78, 5) is 11.9. The smallest absolute Gasteiger partial charge is 0.333 e. The lowest BCUT2D eigenvalue weighted by Gasteiger charge is -2.38. The van der Waals surface area contributed by atoms with Crippen molar-refractivity contribution in [2.24, 2.45) is 0 Å². The van der Waals surface area contributed by atoms with Crippen molar-refractivity contribution < 1.29 is 9.53 Å². The monoisotopic (exact) mass is 412 g/mol. The number of rotatable bonds is 4. The molecule has 134 valence electrons. The van der Waals surface area contributed by atoms with Crippen molar-refractivity contribution >= 4 is 27.6 Å². The van der Waals surface area contributed by atoms with E-state index in [-0.39, 0.29) is 5.97 Å². The molecule has 1 unspecified atom stereocenters. The third-order valence-corrected chi connectivity index (χ3v) is 5.75. The van der Waals surface area contributed by atoms with Gasteiger partial charge in [0.1, 0.15) is 12.2 Å². The Bertz CT molecular complexity index is 815. The molecule has 0 radical (unpaired) electrons. The number of benzene rings is 2. The molecule has 2 aromatic rings. The minimum Gasteiger partial charge on any atom is -0.466 e. The van der Waals surface area contributed by atoms with E-state index in [1.165, 1.54) is 18.4 Å². The van der Waals surface area contributed by atoms with Crippen molar-refractivity contribution in [2.45, 2.75) is 19.4 Å². The van der Waals surface area contributed by atoms with Gasteiger partial charge in [-0.3, -0.25) is 0 Å². The molecule has 3 rings (SSSR count). The Labute approximate surface area is 163 Å². The largest absolute Gasteiger partial charge is 0.466 e. The van der Waals surface area contributed by atoms with Crippen LogP contribution in [0.25, 0.3) is 0 Å². The molecule has 0 saturated carbocycles. The predicted molar refractivity (Wildman–Crippen MR) is 110 cm³/mol. The van der Waals surface area contributed by atoms with Gasteiger partial charge in [0, 0.05) is 39.6 Å². The molecule has 0 saturated heterocycles. The number of carbonyl (C=O) groups is 1. The molecule has 1 aliphatic rings. The molecule has 1 atom stereocenters. The summed E-state index contributed by atoms with van der Waals surface area (Å²) >= 11 is 3.83. The number of allylic oxidation sites excluding steroid dienone is 2. The highest BCUT2D eigenvalue weighted by atomic mass is 79.9. The van der Waals surface area contributed by atoms with E-state index in [2.05, 4.69) is 64.5 Å². The molecule has 3 nitrogen and oxygen atoms in total. The average molecular weight is 413 g/mol. The maximum absolute atomic E-state index is 11.9. The summed E-state index contributed by atoms with van der Waals surface area (Å²) in [5.74, 6) is -0.246. The van der Waals surface area contributed by atoms with Gasteiger partial charge in [-0.15, -0.1) is 0 Å². The second-order valence-corrected chi connectivity index (χ2v) is 7.26. The highest BCUT2D eigenvalue weighted by Crippen LogP contribution is 2.37. The van der Waals surface area contributed by atoms with Crippen molar-refractivity contribution in [2.75, 3.05) is 13.7 Å². The molecular formula is C22H23BrNO2+. The van der Waals surface area contributed by atoms with Crippen molar-refractivity contribution in [1.29, 1.82) is 0 Å². The normalized spacial score (nSPS) is 20.4. The van der Waals surface area contributed by atoms with Gasteiger partial charge in [-0.2, -0.15) is 0 Å². The molecule has 0 spiro atoms. The van der Waals surface area contributed by atoms with Crippen LogP contribution in [-0.4, -0.2) is 19.6 Å². The molecular weight excluding hydrogens is 390 g/mol. The summed E-state index contributed by atoms with van der Waals surface area (Å²) in [5, 5.41) is 0. The molecule has 0 aliphatic carbocycles. The third-order valence-electron chi connectivity index (χ3n) is 4.81. The Morgan fingerprint density at radius 2 is 1.69 bits per heavy atom. The van der Waals surface area contributed by atoms with E-state index in [0.29, 0.717) is 10.9 Å². The van der Waals surface area contributed by atoms with Crippen LogP contribution in [0, 0.1) is 0 Å². The quantitative estimate of drug-likeness (QED) is 0.385. The van der Waals surface area contributed by atoms with E-state index in [4.69, 9.17) is 4.74 Å². The number of carbonyl (C=O) groups excluding carboxylic acids is 1. The van der Waals surface area contributed by atoms with Crippen LogP contribution in [0.3, 0.4) is 0 Å². The summed E-state index contributed by atoms with van der Waals surface area (Å²) in [6.07, 6.45) is 5.49.